The first kappa shape index (κ1) is 10.9. The average Bonchev–Trinajstić information content (AvgIpc) is 2.32. The number of carbonyl (C=O) groups is 1. The highest BCUT2D eigenvalue weighted by molar-refractivity contribution is 7.99. The molecule has 0 aromatic rings. The second kappa shape index (κ2) is 6.27. The number of amides is 1. The summed E-state index contributed by atoms with van der Waals surface area (Å²) in [5.74, 6) is 2.47. The molecule has 1 N–H and O–H groups in total. The Kier molecular flexibility index (Phi) is 5.23. The molecule has 4 heteroatoms. The van der Waals surface area contributed by atoms with Gasteiger partial charge in [0.1, 0.15) is 0 Å². The highest BCUT2D eigenvalue weighted by Crippen LogP contribution is 2.02. The minimum absolute atomic E-state index is 0.259. The van der Waals surface area contributed by atoms with Gasteiger partial charge in [-0.05, 0) is 18.7 Å². The molecule has 0 spiro atoms. The van der Waals surface area contributed by atoms with Crippen LogP contribution < -0.4 is 5.32 Å². The van der Waals surface area contributed by atoms with Gasteiger partial charge in [0.05, 0.1) is 6.54 Å². The van der Waals surface area contributed by atoms with Crippen LogP contribution in [0.3, 0.4) is 0 Å². The molecule has 0 radical (unpaired) electrons. The summed E-state index contributed by atoms with van der Waals surface area (Å²) in [5.41, 5.74) is 0. The highest BCUT2D eigenvalue weighted by atomic mass is 32.2. The molecule has 0 unspecified atom stereocenters. The molecule has 13 heavy (non-hydrogen) atoms. The third kappa shape index (κ3) is 4.00. The molecule has 1 amide bonds. The Balaban J connectivity index is 2.24. The maximum atomic E-state index is 11.5. The van der Waals surface area contributed by atoms with Crippen molar-refractivity contribution in [3.05, 3.63) is 0 Å². The van der Waals surface area contributed by atoms with Crippen molar-refractivity contribution in [2.45, 2.75) is 13.3 Å². The minimum Gasteiger partial charge on any atom is -0.341 e. The number of nitrogens with zero attached hydrogens (tertiary/aromatic N) is 1. The zero-order valence-corrected chi connectivity index (χ0v) is 9.03. The Morgan fingerprint density at radius 2 is 2.46 bits per heavy atom. The molecule has 76 valence electrons. The van der Waals surface area contributed by atoms with Gasteiger partial charge in [-0.1, -0.05) is 6.92 Å². The quantitative estimate of drug-likeness (QED) is 0.676. The van der Waals surface area contributed by atoms with Crippen LogP contribution in [-0.2, 0) is 4.79 Å². The topological polar surface area (TPSA) is 32.3 Å². The van der Waals surface area contributed by atoms with Gasteiger partial charge < -0.3 is 10.2 Å². The van der Waals surface area contributed by atoms with Crippen LogP contribution in [0.4, 0.5) is 0 Å². The molecule has 0 saturated carbocycles. The number of carbonyl (C=O) groups excluding carboxylic acids is 1. The predicted octanol–water partition coefficient (Wildman–Crippen LogP) is 0.561. The van der Waals surface area contributed by atoms with Gasteiger partial charge in [0.15, 0.2) is 0 Å². The van der Waals surface area contributed by atoms with Crippen molar-refractivity contribution in [3.63, 3.8) is 0 Å². The normalized spacial score (nSPS) is 18.8. The Morgan fingerprint density at radius 1 is 1.62 bits per heavy atom. The molecular formula is C9H18N2OS. The number of hydrogen-bond donors (Lipinski definition) is 1. The number of thioether (sulfide) groups is 1. The van der Waals surface area contributed by atoms with Crippen LogP contribution in [0.25, 0.3) is 0 Å². The average molecular weight is 202 g/mol. The second-order valence-corrected chi connectivity index (χ2v) is 4.50. The van der Waals surface area contributed by atoms with Crippen LogP contribution >= 0.6 is 11.8 Å². The smallest absolute Gasteiger partial charge is 0.236 e. The summed E-state index contributed by atoms with van der Waals surface area (Å²) in [6, 6.07) is 0. The molecule has 1 heterocycles. The lowest BCUT2D eigenvalue weighted by atomic mass is 10.4. The third-order valence-corrected chi connectivity index (χ3v) is 3.00. The molecule has 0 aromatic heterocycles. The lowest BCUT2D eigenvalue weighted by Gasteiger charge is -2.19. The van der Waals surface area contributed by atoms with E-state index in [-0.39, 0.29) is 5.91 Å². The van der Waals surface area contributed by atoms with E-state index in [0.29, 0.717) is 6.54 Å². The fourth-order valence-electron chi connectivity index (χ4n) is 1.38. The summed E-state index contributed by atoms with van der Waals surface area (Å²) in [6.07, 6.45) is 1.09. The molecule has 3 nitrogen and oxygen atoms in total. The molecule has 0 atom stereocenters. The SMILES string of the molecule is CCSCCN1CCCNCC1=O. The first-order valence-electron chi connectivity index (χ1n) is 4.91. The second-order valence-electron chi connectivity index (χ2n) is 3.11. The lowest BCUT2D eigenvalue weighted by Crippen LogP contribution is -2.36. The largest absolute Gasteiger partial charge is 0.341 e. The van der Waals surface area contributed by atoms with Crippen molar-refractivity contribution in [2.75, 3.05) is 37.7 Å². The third-order valence-electron chi connectivity index (χ3n) is 2.12. The van der Waals surface area contributed by atoms with Crippen LogP contribution in [-0.4, -0.2) is 48.5 Å². The molecular weight excluding hydrogens is 184 g/mol. The Morgan fingerprint density at radius 3 is 3.23 bits per heavy atom. The van der Waals surface area contributed by atoms with Crippen molar-refractivity contribution in [3.8, 4) is 0 Å². The van der Waals surface area contributed by atoms with E-state index in [2.05, 4.69) is 12.2 Å². The van der Waals surface area contributed by atoms with E-state index in [1.165, 1.54) is 0 Å². The van der Waals surface area contributed by atoms with E-state index in [1.807, 2.05) is 16.7 Å². The summed E-state index contributed by atoms with van der Waals surface area (Å²) >= 11 is 1.90. The zero-order chi connectivity index (χ0) is 9.52. The van der Waals surface area contributed by atoms with Gasteiger partial charge in [-0.3, -0.25) is 4.79 Å². The number of hydrogen-bond acceptors (Lipinski definition) is 3. The molecule has 1 fully saturated rings. The molecule has 0 bridgehead atoms. The van der Waals surface area contributed by atoms with Gasteiger partial charge in [0, 0.05) is 18.8 Å². The van der Waals surface area contributed by atoms with Crippen molar-refractivity contribution in [2.24, 2.45) is 0 Å². The van der Waals surface area contributed by atoms with E-state index >= 15 is 0 Å². The molecule has 0 aromatic carbocycles. The van der Waals surface area contributed by atoms with Crippen molar-refractivity contribution in [1.29, 1.82) is 0 Å². The summed E-state index contributed by atoms with van der Waals surface area (Å²) in [7, 11) is 0. The summed E-state index contributed by atoms with van der Waals surface area (Å²) in [5, 5.41) is 3.12. The first-order chi connectivity index (χ1) is 6.34. The fourth-order valence-corrected chi connectivity index (χ4v) is 2.02. The van der Waals surface area contributed by atoms with E-state index in [9.17, 15) is 4.79 Å². The summed E-state index contributed by atoms with van der Waals surface area (Å²) < 4.78 is 0. The standard InChI is InChI=1S/C9H18N2OS/c1-2-13-7-6-11-5-3-4-10-8-9(11)12/h10H,2-8H2,1H3. The van der Waals surface area contributed by atoms with Gasteiger partial charge in [0.2, 0.25) is 5.91 Å². The van der Waals surface area contributed by atoms with Crippen LogP contribution in [0.15, 0.2) is 0 Å². The fraction of sp³-hybridized carbons (Fsp3) is 0.889. The van der Waals surface area contributed by atoms with Crippen molar-refractivity contribution < 1.29 is 4.79 Å². The first-order valence-corrected chi connectivity index (χ1v) is 6.06. The van der Waals surface area contributed by atoms with Crippen LogP contribution in [0.5, 0.6) is 0 Å². The van der Waals surface area contributed by atoms with Crippen LogP contribution in [0.1, 0.15) is 13.3 Å². The van der Waals surface area contributed by atoms with Gasteiger partial charge in [-0.25, -0.2) is 0 Å². The molecule has 1 rings (SSSR count). The van der Waals surface area contributed by atoms with E-state index in [1.54, 1.807) is 0 Å². The molecule has 0 aliphatic carbocycles. The molecule has 1 aliphatic rings. The van der Waals surface area contributed by atoms with Crippen LogP contribution in [0, 0.1) is 0 Å². The summed E-state index contributed by atoms with van der Waals surface area (Å²) in [4.78, 5) is 13.4. The van der Waals surface area contributed by atoms with Gasteiger partial charge in [-0.2, -0.15) is 11.8 Å². The van der Waals surface area contributed by atoms with E-state index in [0.717, 1.165) is 37.6 Å². The van der Waals surface area contributed by atoms with Crippen molar-refractivity contribution >= 4 is 17.7 Å². The minimum atomic E-state index is 0.259. The van der Waals surface area contributed by atoms with Crippen molar-refractivity contribution in [1.82, 2.24) is 10.2 Å². The maximum absolute atomic E-state index is 11.5. The van der Waals surface area contributed by atoms with Gasteiger partial charge in [0.25, 0.3) is 0 Å². The molecule has 1 aliphatic heterocycles. The lowest BCUT2D eigenvalue weighted by molar-refractivity contribution is -0.129. The van der Waals surface area contributed by atoms with Gasteiger partial charge >= 0.3 is 0 Å². The van der Waals surface area contributed by atoms with E-state index < -0.39 is 0 Å². The predicted molar refractivity (Wildman–Crippen MR) is 57.1 cm³/mol. The number of nitrogens with one attached hydrogen (secondary N) is 1. The van der Waals surface area contributed by atoms with E-state index in [4.69, 9.17) is 0 Å². The maximum Gasteiger partial charge on any atom is 0.236 e. The zero-order valence-electron chi connectivity index (χ0n) is 8.21. The number of rotatable bonds is 4. The highest BCUT2D eigenvalue weighted by Gasteiger charge is 2.14. The Bertz CT molecular complexity index is 164. The Labute approximate surface area is 84.2 Å². The monoisotopic (exact) mass is 202 g/mol. The summed E-state index contributed by atoms with van der Waals surface area (Å²) in [6.45, 7) is 5.49. The van der Waals surface area contributed by atoms with Gasteiger partial charge in [-0.15, -0.1) is 0 Å². The Hall–Kier alpha value is -0.220. The van der Waals surface area contributed by atoms with Crippen LogP contribution in [0.2, 0.25) is 0 Å². The molecule has 1 saturated heterocycles.